The molecule has 1 rings (SSSR count). The molecule has 16 heavy (non-hydrogen) atoms. The number of hydrogen-bond acceptors (Lipinski definition) is 2. The van der Waals surface area contributed by atoms with Crippen LogP contribution >= 0.6 is 0 Å². The Morgan fingerprint density at radius 2 is 2.06 bits per heavy atom. The van der Waals surface area contributed by atoms with Crippen LogP contribution in [0.5, 0.6) is 0 Å². The molecule has 0 saturated heterocycles. The average Bonchev–Trinajstić information content (AvgIpc) is 2.34. The smallest absolute Gasteiger partial charge is 0.251 e. The van der Waals surface area contributed by atoms with Gasteiger partial charge in [-0.25, -0.2) is 0 Å². The van der Waals surface area contributed by atoms with Gasteiger partial charge in [-0.15, -0.1) is 0 Å². The van der Waals surface area contributed by atoms with Gasteiger partial charge in [-0.1, -0.05) is 18.8 Å². The van der Waals surface area contributed by atoms with Crippen molar-refractivity contribution in [1.82, 2.24) is 5.32 Å². The van der Waals surface area contributed by atoms with Gasteiger partial charge < -0.3 is 11.1 Å². The molecule has 0 aliphatic carbocycles. The second kappa shape index (κ2) is 6.65. The maximum absolute atomic E-state index is 11.6. The quantitative estimate of drug-likeness (QED) is 0.744. The maximum atomic E-state index is 11.6. The van der Waals surface area contributed by atoms with Crippen molar-refractivity contribution in [2.75, 3.05) is 13.1 Å². The van der Waals surface area contributed by atoms with Crippen LogP contribution in [0.4, 0.5) is 0 Å². The summed E-state index contributed by atoms with van der Waals surface area (Å²) in [7, 11) is 0. The summed E-state index contributed by atoms with van der Waals surface area (Å²) >= 11 is 0. The van der Waals surface area contributed by atoms with E-state index in [-0.39, 0.29) is 5.91 Å². The van der Waals surface area contributed by atoms with Crippen LogP contribution in [0.2, 0.25) is 0 Å². The summed E-state index contributed by atoms with van der Waals surface area (Å²) in [5, 5.41) is 2.82. The van der Waals surface area contributed by atoms with Gasteiger partial charge in [0.1, 0.15) is 0 Å². The van der Waals surface area contributed by atoms with Gasteiger partial charge in [0.05, 0.1) is 6.54 Å². The van der Waals surface area contributed by atoms with E-state index in [1.807, 2.05) is 19.1 Å². The molecule has 0 aliphatic heterocycles. The average molecular weight is 216 g/mol. The van der Waals surface area contributed by atoms with Crippen LogP contribution in [0.3, 0.4) is 0 Å². The molecule has 3 N–H and O–H groups in total. The molecule has 0 aliphatic rings. The van der Waals surface area contributed by atoms with Gasteiger partial charge >= 0.3 is 0 Å². The lowest BCUT2D eigenvalue weighted by Gasteiger charge is -2.02. The number of carbonyl (C=O) groups excluding carboxylic acids is 1. The van der Waals surface area contributed by atoms with Crippen LogP contribution in [0.25, 0.3) is 0 Å². The fraction of sp³-hybridized carbons (Fsp3) is 0.308. The van der Waals surface area contributed by atoms with E-state index < -0.39 is 0 Å². The SMILES string of the molecule is CCCNC(=O)c1ccc(C#CCN)cc1. The fourth-order valence-electron chi connectivity index (χ4n) is 1.20. The summed E-state index contributed by atoms with van der Waals surface area (Å²) in [4.78, 5) is 11.6. The third-order valence-corrected chi connectivity index (χ3v) is 2.02. The molecule has 0 fully saturated rings. The van der Waals surface area contributed by atoms with E-state index in [1.165, 1.54) is 0 Å². The topological polar surface area (TPSA) is 55.1 Å². The summed E-state index contributed by atoms with van der Waals surface area (Å²) < 4.78 is 0. The Kier molecular flexibility index (Phi) is 5.10. The van der Waals surface area contributed by atoms with Gasteiger partial charge in [-0.2, -0.15) is 0 Å². The Balaban J connectivity index is 2.67. The number of benzene rings is 1. The van der Waals surface area contributed by atoms with Gasteiger partial charge in [-0.05, 0) is 30.7 Å². The van der Waals surface area contributed by atoms with Crippen LogP contribution in [0.15, 0.2) is 24.3 Å². The lowest BCUT2D eigenvalue weighted by Crippen LogP contribution is -2.23. The summed E-state index contributed by atoms with van der Waals surface area (Å²) in [6.07, 6.45) is 0.936. The molecule has 3 heteroatoms. The summed E-state index contributed by atoms with van der Waals surface area (Å²) in [5.41, 5.74) is 6.80. The first-order valence-electron chi connectivity index (χ1n) is 5.35. The van der Waals surface area contributed by atoms with Crippen molar-refractivity contribution >= 4 is 5.91 Å². The standard InChI is InChI=1S/C13H16N2O/c1-2-10-15-13(16)12-7-5-11(6-8-12)4-3-9-14/h5-8H,2,9-10,14H2,1H3,(H,15,16). The van der Waals surface area contributed by atoms with E-state index in [1.54, 1.807) is 12.1 Å². The molecule has 0 saturated carbocycles. The zero-order chi connectivity index (χ0) is 11.8. The summed E-state index contributed by atoms with van der Waals surface area (Å²) in [6, 6.07) is 7.18. The Labute approximate surface area is 96.0 Å². The number of hydrogen-bond donors (Lipinski definition) is 2. The molecule has 1 amide bonds. The van der Waals surface area contributed by atoms with E-state index in [4.69, 9.17) is 5.73 Å². The van der Waals surface area contributed by atoms with Crippen LogP contribution in [-0.2, 0) is 0 Å². The third-order valence-electron chi connectivity index (χ3n) is 2.02. The van der Waals surface area contributed by atoms with Gasteiger partial charge in [0.2, 0.25) is 0 Å². The maximum Gasteiger partial charge on any atom is 0.251 e. The number of carbonyl (C=O) groups is 1. The zero-order valence-corrected chi connectivity index (χ0v) is 9.42. The molecule has 0 unspecified atom stereocenters. The number of nitrogens with two attached hydrogens (primary N) is 1. The van der Waals surface area contributed by atoms with Crippen molar-refractivity contribution in [3.8, 4) is 11.8 Å². The second-order valence-corrected chi connectivity index (χ2v) is 3.34. The highest BCUT2D eigenvalue weighted by molar-refractivity contribution is 5.94. The number of nitrogens with one attached hydrogen (secondary N) is 1. The highest BCUT2D eigenvalue weighted by atomic mass is 16.1. The van der Waals surface area contributed by atoms with Gasteiger partial charge in [-0.3, -0.25) is 4.79 Å². The minimum atomic E-state index is -0.0415. The minimum absolute atomic E-state index is 0.0415. The van der Waals surface area contributed by atoms with Crippen molar-refractivity contribution in [1.29, 1.82) is 0 Å². The second-order valence-electron chi connectivity index (χ2n) is 3.34. The van der Waals surface area contributed by atoms with Crippen LogP contribution in [0, 0.1) is 11.8 Å². The van der Waals surface area contributed by atoms with Crippen molar-refractivity contribution in [3.63, 3.8) is 0 Å². The van der Waals surface area contributed by atoms with Crippen molar-refractivity contribution in [2.45, 2.75) is 13.3 Å². The molecule has 0 radical (unpaired) electrons. The molecule has 0 atom stereocenters. The highest BCUT2D eigenvalue weighted by Crippen LogP contribution is 2.03. The van der Waals surface area contributed by atoms with Crippen molar-refractivity contribution < 1.29 is 4.79 Å². The highest BCUT2D eigenvalue weighted by Gasteiger charge is 2.02. The lowest BCUT2D eigenvalue weighted by atomic mass is 10.1. The predicted molar refractivity (Wildman–Crippen MR) is 65.0 cm³/mol. The first-order chi connectivity index (χ1) is 7.77. The van der Waals surface area contributed by atoms with E-state index in [0.717, 1.165) is 12.0 Å². The minimum Gasteiger partial charge on any atom is -0.352 e. The van der Waals surface area contributed by atoms with Crippen LogP contribution < -0.4 is 11.1 Å². The van der Waals surface area contributed by atoms with E-state index >= 15 is 0 Å². The van der Waals surface area contributed by atoms with E-state index in [2.05, 4.69) is 17.2 Å². The molecule has 3 nitrogen and oxygen atoms in total. The Morgan fingerprint density at radius 3 is 2.62 bits per heavy atom. The Morgan fingerprint density at radius 1 is 1.38 bits per heavy atom. The number of amides is 1. The first kappa shape index (κ1) is 12.3. The number of rotatable bonds is 3. The molecular formula is C13H16N2O. The van der Waals surface area contributed by atoms with Gasteiger partial charge in [0.25, 0.3) is 5.91 Å². The van der Waals surface area contributed by atoms with Crippen LogP contribution in [0.1, 0.15) is 29.3 Å². The molecule has 84 valence electrons. The van der Waals surface area contributed by atoms with Crippen molar-refractivity contribution in [3.05, 3.63) is 35.4 Å². The third kappa shape index (κ3) is 3.76. The van der Waals surface area contributed by atoms with Crippen molar-refractivity contribution in [2.24, 2.45) is 5.73 Å². The molecule has 1 aromatic carbocycles. The summed E-state index contributed by atoms with van der Waals surface area (Å²) in [6.45, 7) is 3.07. The monoisotopic (exact) mass is 216 g/mol. The normalized spacial score (nSPS) is 9.12. The molecule has 0 aromatic heterocycles. The molecular weight excluding hydrogens is 200 g/mol. The predicted octanol–water partition coefficient (Wildman–Crippen LogP) is 1.14. The fourth-order valence-corrected chi connectivity index (χ4v) is 1.20. The van der Waals surface area contributed by atoms with Gasteiger partial charge in [0, 0.05) is 17.7 Å². The molecule has 1 aromatic rings. The molecule has 0 spiro atoms. The largest absolute Gasteiger partial charge is 0.352 e. The van der Waals surface area contributed by atoms with Gasteiger partial charge in [0.15, 0.2) is 0 Å². The Hall–Kier alpha value is -1.79. The lowest BCUT2D eigenvalue weighted by molar-refractivity contribution is 0.0953. The first-order valence-corrected chi connectivity index (χ1v) is 5.35. The summed E-state index contributed by atoms with van der Waals surface area (Å²) in [5.74, 6) is 5.63. The zero-order valence-electron chi connectivity index (χ0n) is 9.42. The molecule has 0 heterocycles. The molecule has 0 bridgehead atoms. The van der Waals surface area contributed by atoms with E-state index in [9.17, 15) is 4.79 Å². The Bertz CT molecular complexity index is 398. The van der Waals surface area contributed by atoms with Crippen LogP contribution in [-0.4, -0.2) is 19.0 Å². The van der Waals surface area contributed by atoms with E-state index in [0.29, 0.717) is 18.7 Å².